The van der Waals surface area contributed by atoms with Gasteiger partial charge in [0.05, 0.1) is 11.3 Å². The van der Waals surface area contributed by atoms with Crippen LogP contribution < -0.4 is 5.32 Å². The van der Waals surface area contributed by atoms with E-state index in [9.17, 15) is 15.1 Å². The SMILES string of the molecule is O=C(NC1CCN(O)CC1)c1ccc(-c2ccccc2O)nc1. The maximum absolute atomic E-state index is 12.2. The number of benzene rings is 1. The summed E-state index contributed by atoms with van der Waals surface area (Å²) in [5.74, 6) is -0.00862. The molecule has 1 amide bonds. The van der Waals surface area contributed by atoms with Crippen molar-refractivity contribution in [2.75, 3.05) is 13.1 Å². The van der Waals surface area contributed by atoms with Crippen LogP contribution in [0.1, 0.15) is 23.2 Å². The van der Waals surface area contributed by atoms with Crippen LogP contribution in [0.4, 0.5) is 0 Å². The van der Waals surface area contributed by atoms with Crippen molar-refractivity contribution in [3.63, 3.8) is 0 Å². The molecule has 0 aliphatic carbocycles. The number of hydrogen-bond donors (Lipinski definition) is 3. The number of hydroxylamine groups is 2. The third-order valence-corrected chi connectivity index (χ3v) is 4.01. The largest absolute Gasteiger partial charge is 0.507 e. The van der Waals surface area contributed by atoms with Gasteiger partial charge >= 0.3 is 0 Å². The first-order valence-electron chi connectivity index (χ1n) is 7.62. The third kappa shape index (κ3) is 3.67. The summed E-state index contributed by atoms with van der Waals surface area (Å²) in [6.45, 7) is 1.13. The number of hydrogen-bond acceptors (Lipinski definition) is 5. The molecule has 3 N–H and O–H groups in total. The Morgan fingerprint density at radius 3 is 2.57 bits per heavy atom. The number of carbonyl (C=O) groups is 1. The zero-order valence-corrected chi connectivity index (χ0v) is 12.6. The zero-order valence-electron chi connectivity index (χ0n) is 12.6. The molecule has 0 radical (unpaired) electrons. The Labute approximate surface area is 134 Å². The number of nitrogens with zero attached hydrogens (tertiary/aromatic N) is 2. The van der Waals surface area contributed by atoms with Gasteiger partial charge in [0.2, 0.25) is 0 Å². The molecule has 1 aliphatic rings. The Balaban J connectivity index is 1.67. The smallest absolute Gasteiger partial charge is 0.253 e. The second kappa shape index (κ2) is 6.76. The Morgan fingerprint density at radius 2 is 1.91 bits per heavy atom. The summed E-state index contributed by atoms with van der Waals surface area (Å²) >= 11 is 0. The van der Waals surface area contributed by atoms with Crippen LogP contribution in [0, 0.1) is 0 Å². The average molecular weight is 313 g/mol. The molecule has 0 unspecified atom stereocenters. The van der Waals surface area contributed by atoms with Crippen LogP contribution in [0.25, 0.3) is 11.3 Å². The van der Waals surface area contributed by atoms with Crippen molar-refractivity contribution in [3.8, 4) is 17.0 Å². The summed E-state index contributed by atoms with van der Waals surface area (Å²) in [5.41, 5.74) is 1.73. The average Bonchev–Trinajstić information content (AvgIpc) is 2.57. The minimum atomic E-state index is -0.169. The Kier molecular flexibility index (Phi) is 4.55. The van der Waals surface area contributed by atoms with Crippen LogP contribution in [0.2, 0.25) is 0 Å². The lowest BCUT2D eigenvalue weighted by Gasteiger charge is -2.28. The van der Waals surface area contributed by atoms with Gasteiger partial charge in [0.25, 0.3) is 5.91 Å². The van der Waals surface area contributed by atoms with E-state index in [1.54, 1.807) is 30.3 Å². The highest BCUT2D eigenvalue weighted by atomic mass is 16.5. The van der Waals surface area contributed by atoms with Crippen LogP contribution in [0.15, 0.2) is 42.6 Å². The molecule has 6 heteroatoms. The molecular formula is C17H19N3O3. The van der Waals surface area contributed by atoms with Gasteiger partial charge in [0.1, 0.15) is 5.75 Å². The van der Waals surface area contributed by atoms with E-state index >= 15 is 0 Å². The predicted octanol–water partition coefficient (Wildman–Crippen LogP) is 2.04. The summed E-state index contributed by atoms with van der Waals surface area (Å²) in [4.78, 5) is 16.5. The normalized spacial score (nSPS) is 16.2. The number of phenols is 1. The number of rotatable bonds is 3. The Bertz CT molecular complexity index is 680. The number of phenolic OH excluding ortho intramolecular Hbond substituents is 1. The van der Waals surface area contributed by atoms with E-state index in [2.05, 4.69) is 10.3 Å². The van der Waals surface area contributed by atoms with E-state index < -0.39 is 0 Å². The van der Waals surface area contributed by atoms with Gasteiger partial charge in [-0.3, -0.25) is 9.78 Å². The fourth-order valence-electron chi connectivity index (χ4n) is 2.66. The topological polar surface area (TPSA) is 85.7 Å². The molecule has 0 bridgehead atoms. The molecule has 2 aromatic rings. The number of nitrogens with one attached hydrogen (secondary N) is 1. The van der Waals surface area contributed by atoms with E-state index in [0.717, 1.165) is 12.8 Å². The minimum absolute atomic E-state index is 0.0729. The number of amides is 1. The van der Waals surface area contributed by atoms with E-state index in [0.29, 0.717) is 29.9 Å². The van der Waals surface area contributed by atoms with Crippen molar-refractivity contribution < 1.29 is 15.1 Å². The van der Waals surface area contributed by atoms with Gasteiger partial charge in [-0.1, -0.05) is 12.1 Å². The van der Waals surface area contributed by atoms with E-state index in [1.807, 2.05) is 6.07 Å². The number of pyridine rings is 1. The van der Waals surface area contributed by atoms with Crippen LogP contribution >= 0.6 is 0 Å². The molecule has 0 saturated carbocycles. The van der Waals surface area contributed by atoms with Crippen molar-refractivity contribution in [2.24, 2.45) is 0 Å². The molecule has 1 aliphatic heterocycles. The molecular weight excluding hydrogens is 294 g/mol. The monoisotopic (exact) mass is 313 g/mol. The predicted molar refractivity (Wildman–Crippen MR) is 85.2 cm³/mol. The number of aromatic nitrogens is 1. The molecule has 1 saturated heterocycles. The fourth-order valence-corrected chi connectivity index (χ4v) is 2.66. The molecule has 3 rings (SSSR count). The van der Waals surface area contributed by atoms with Gasteiger partial charge in [0, 0.05) is 30.9 Å². The van der Waals surface area contributed by atoms with E-state index in [1.165, 1.54) is 11.3 Å². The van der Waals surface area contributed by atoms with E-state index in [4.69, 9.17) is 0 Å². The van der Waals surface area contributed by atoms with Crippen molar-refractivity contribution >= 4 is 5.91 Å². The van der Waals surface area contributed by atoms with E-state index in [-0.39, 0.29) is 17.7 Å². The second-order valence-corrected chi connectivity index (χ2v) is 5.65. The van der Waals surface area contributed by atoms with Gasteiger partial charge in [-0.2, -0.15) is 5.06 Å². The Hall–Kier alpha value is -2.44. The lowest BCUT2D eigenvalue weighted by atomic mass is 10.1. The Morgan fingerprint density at radius 1 is 1.17 bits per heavy atom. The lowest BCUT2D eigenvalue weighted by Crippen LogP contribution is -2.43. The molecule has 120 valence electrons. The number of para-hydroxylation sites is 1. The summed E-state index contributed by atoms with van der Waals surface area (Å²) in [5, 5.41) is 23.4. The second-order valence-electron chi connectivity index (χ2n) is 5.65. The van der Waals surface area contributed by atoms with Crippen LogP contribution in [-0.2, 0) is 0 Å². The fraction of sp³-hybridized carbons (Fsp3) is 0.294. The van der Waals surface area contributed by atoms with Crippen LogP contribution in [0.3, 0.4) is 0 Å². The van der Waals surface area contributed by atoms with Gasteiger partial charge < -0.3 is 15.6 Å². The molecule has 1 fully saturated rings. The molecule has 6 nitrogen and oxygen atoms in total. The lowest BCUT2D eigenvalue weighted by molar-refractivity contribution is -0.107. The molecule has 0 spiro atoms. The zero-order chi connectivity index (χ0) is 16.2. The highest BCUT2D eigenvalue weighted by Gasteiger charge is 2.20. The molecule has 23 heavy (non-hydrogen) atoms. The van der Waals surface area contributed by atoms with Gasteiger partial charge in [-0.25, -0.2) is 0 Å². The van der Waals surface area contributed by atoms with Gasteiger partial charge in [-0.15, -0.1) is 0 Å². The highest BCUT2D eigenvalue weighted by Crippen LogP contribution is 2.26. The van der Waals surface area contributed by atoms with Crippen LogP contribution in [0.5, 0.6) is 5.75 Å². The highest BCUT2D eigenvalue weighted by molar-refractivity contribution is 5.94. The number of piperidine rings is 1. The summed E-state index contributed by atoms with van der Waals surface area (Å²) in [6.07, 6.45) is 2.97. The molecule has 1 aromatic carbocycles. The van der Waals surface area contributed by atoms with Crippen molar-refractivity contribution in [3.05, 3.63) is 48.2 Å². The molecule has 0 atom stereocenters. The summed E-state index contributed by atoms with van der Waals surface area (Å²) < 4.78 is 0. The molecule has 2 heterocycles. The van der Waals surface area contributed by atoms with Crippen molar-refractivity contribution in [1.29, 1.82) is 0 Å². The first kappa shape index (κ1) is 15.5. The minimum Gasteiger partial charge on any atom is -0.507 e. The quantitative estimate of drug-likeness (QED) is 0.807. The first-order valence-corrected chi connectivity index (χ1v) is 7.62. The standard InChI is InChI=1S/C17H19N3O3/c21-16-4-2-1-3-14(16)15-6-5-12(11-18-15)17(22)19-13-7-9-20(23)10-8-13/h1-6,11,13,21,23H,7-10H2,(H,19,22). The van der Waals surface area contributed by atoms with Gasteiger partial charge in [0.15, 0.2) is 0 Å². The van der Waals surface area contributed by atoms with Crippen LogP contribution in [-0.4, -0.2) is 45.4 Å². The number of carbonyl (C=O) groups excluding carboxylic acids is 1. The summed E-state index contributed by atoms with van der Waals surface area (Å²) in [7, 11) is 0. The third-order valence-electron chi connectivity index (χ3n) is 4.01. The van der Waals surface area contributed by atoms with Gasteiger partial charge in [-0.05, 0) is 37.1 Å². The van der Waals surface area contributed by atoms with Crippen molar-refractivity contribution in [1.82, 2.24) is 15.4 Å². The number of aromatic hydroxyl groups is 1. The maximum Gasteiger partial charge on any atom is 0.253 e. The summed E-state index contributed by atoms with van der Waals surface area (Å²) in [6, 6.07) is 10.4. The maximum atomic E-state index is 12.2. The molecule has 1 aromatic heterocycles. The van der Waals surface area contributed by atoms with Crippen molar-refractivity contribution in [2.45, 2.75) is 18.9 Å². The first-order chi connectivity index (χ1) is 11.1.